The molecule has 1 aromatic rings. The lowest BCUT2D eigenvalue weighted by molar-refractivity contribution is -0.384. The predicted octanol–water partition coefficient (Wildman–Crippen LogP) is 3.12. The van der Waals surface area contributed by atoms with Crippen LogP contribution in [-0.2, 0) is 0 Å². The van der Waals surface area contributed by atoms with Crippen LogP contribution in [0.3, 0.4) is 0 Å². The molecule has 0 atom stereocenters. The second kappa shape index (κ2) is 6.89. The first-order valence-electron chi connectivity index (χ1n) is 7.71. The average molecular weight is 291 g/mol. The van der Waals surface area contributed by atoms with Crippen molar-refractivity contribution in [3.63, 3.8) is 0 Å². The molecule has 0 radical (unpaired) electrons. The molecule has 1 aromatic carbocycles. The summed E-state index contributed by atoms with van der Waals surface area (Å²) >= 11 is 0. The van der Waals surface area contributed by atoms with Gasteiger partial charge in [-0.15, -0.1) is 0 Å². The Hall–Kier alpha value is -1.62. The molecule has 0 bridgehead atoms. The van der Waals surface area contributed by atoms with Gasteiger partial charge in [0, 0.05) is 30.4 Å². The number of hydrogen-bond donors (Lipinski definition) is 1. The molecular formula is C16H25N3O2. The maximum atomic E-state index is 11.0. The van der Waals surface area contributed by atoms with Gasteiger partial charge >= 0.3 is 0 Å². The number of benzene rings is 1. The van der Waals surface area contributed by atoms with Gasteiger partial charge in [-0.3, -0.25) is 10.1 Å². The van der Waals surface area contributed by atoms with Gasteiger partial charge in [-0.25, -0.2) is 0 Å². The molecule has 2 rings (SSSR count). The predicted molar refractivity (Wildman–Crippen MR) is 85.9 cm³/mol. The summed E-state index contributed by atoms with van der Waals surface area (Å²) in [7, 11) is 0. The van der Waals surface area contributed by atoms with Crippen molar-refractivity contribution in [3.05, 3.63) is 33.9 Å². The van der Waals surface area contributed by atoms with Gasteiger partial charge in [0.1, 0.15) is 0 Å². The van der Waals surface area contributed by atoms with Crippen LogP contribution in [0.25, 0.3) is 0 Å². The third-order valence-electron chi connectivity index (χ3n) is 4.25. The summed E-state index contributed by atoms with van der Waals surface area (Å²) in [5, 5.41) is 14.4. The number of non-ortho nitro benzene ring substituents is 1. The molecule has 116 valence electrons. The van der Waals surface area contributed by atoms with Crippen molar-refractivity contribution in [2.75, 3.05) is 24.5 Å². The fourth-order valence-corrected chi connectivity index (χ4v) is 2.95. The molecule has 1 heterocycles. The van der Waals surface area contributed by atoms with E-state index in [4.69, 9.17) is 0 Å². The van der Waals surface area contributed by atoms with Crippen LogP contribution in [0.15, 0.2) is 18.2 Å². The van der Waals surface area contributed by atoms with Gasteiger partial charge in [-0.2, -0.15) is 0 Å². The third-order valence-corrected chi connectivity index (χ3v) is 4.25. The van der Waals surface area contributed by atoms with E-state index in [9.17, 15) is 10.1 Å². The van der Waals surface area contributed by atoms with Gasteiger partial charge in [0.25, 0.3) is 5.69 Å². The Labute approximate surface area is 126 Å². The Morgan fingerprint density at radius 3 is 2.62 bits per heavy atom. The van der Waals surface area contributed by atoms with E-state index in [2.05, 4.69) is 24.1 Å². The van der Waals surface area contributed by atoms with Gasteiger partial charge in [-0.1, -0.05) is 6.07 Å². The van der Waals surface area contributed by atoms with Crippen LogP contribution in [-0.4, -0.2) is 30.6 Å². The summed E-state index contributed by atoms with van der Waals surface area (Å²) < 4.78 is 0. The summed E-state index contributed by atoms with van der Waals surface area (Å²) in [5.74, 6) is 0.660. The molecule has 0 unspecified atom stereocenters. The van der Waals surface area contributed by atoms with Crippen LogP contribution in [0.4, 0.5) is 11.4 Å². The van der Waals surface area contributed by atoms with Gasteiger partial charge in [-0.05, 0) is 58.2 Å². The van der Waals surface area contributed by atoms with E-state index in [0.717, 1.165) is 30.9 Å². The fourth-order valence-electron chi connectivity index (χ4n) is 2.95. The number of piperidine rings is 1. The minimum absolute atomic E-state index is 0.173. The topological polar surface area (TPSA) is 58.4 Å². The highest BCUT2D eigenvalue weighted by atomic mass is 16.6. The number of nitro groups is 1. The maximum absolute atomic E-state index is 11.0. The highest BCUT2D eigenvalue weighted by Crippen LogP contribution is 2.29. The van der Waals surface area contributed by atoms with Crippen LogP contribution >= 0.6 is 0 Å². The zero-order valence-corrected chi connectivity index (χ0v) is 13.1. The van der Waals surface area contributed by atoms with E-state index < -0.39 is 0 Å². The third kappa shape index (κ3) is 3.94. The molecule has 1 aliphatic heterocycles. The molecule has 21 heavy (non-hydrogen) atoms. The normalized spacial score (nSPS) is 16.2. The van der Waals surface area contributed by atoms with Crippen molar-refractivity contribution in [1.82, 2.24) is 5.32 Å². The molecule has 5 heteroatoms. The largest absolute Gasteiger partial charge is 0.368 e. The summed E-state index contributed by atoms with van der Waals surface area (Å²) in [6.07, 6.45) is 2.36. The van der Waals surface area contributed by atoms with Crippen molar-refractivity contribution in [2.45, 2.75) is 39.7 Å². The van der Waals surface area contributed by atoms with E-state index in [-0.39, 0.29) is 10.6 Å². The molecule has 0 amide bonds. The number of nitrogens with one attached hydrogen (secondary N) is 1. The molecular weight excluding hydrogens is 266 g/mol. The lowest BCUT2D eigenvalue weighted by atomic mass is 9.96. The second-order valence-corrected chi connectivity index (χ2v) is 6.17. The maximum Gasteiger partial charge on any atom is 0.271 e. The number of anilines is 1. The Morgan fingerprint density at radius 2 is 2.05 bits per heavy atom. The molecule has 1 N–H and O–H groups in total. The first-order chi connectivity index (χ1) is 9.99. The number of nitrogens with zero attached hydrogens (tertiary/aromatic N) is 2. The monoisotopic (exact) mass is 291 g/mol. The summed E-state index contributed by atoms with van der Waals surface area (Å²) in [6, 6.07) is 5.49. The molecule has 5 nitrogen and oxygen atoms in total. The summed E-state index contributed by atoms with van der Waals surface area (Å²) in [6.45, 7) is 9.45. The Balaban J connectivity index is 2.24. The number of hydrogen-bond acceptors (Lipinski definition) is 4. The van der Waals surface area contributed by atoms with E-state index in [1.54, 1.807) is 12.1 Å². The van der Waals surface area contributed by atoms with Gasteiger partial charge < -0.3 is 10.2 Å². The minimum Gasteiger partial charge on any atom is -0.368 e. The van der Waals surface area contributed by atoms with Crippen molar-refractivity contribution in [1.29, 1.82) is 0 Å². The molecule has 0 aliphatic carbocycles. The number of nitro benzene ring substituents is 1. The SMILES string of the molecule is Cc1ccc([N+](=O)[O-])cc1N(CC1CCNCC1)C(C)C. The Bertz CT molecular complexity index is 496. The highest BCUT2D eigenvalue weighted by molar-refractivity contribution is 5.59. The van der Waals surface area contributed by atoms with Crippen molar-refractivity contribution in [3.8, 4) is 0 Å². The van der Waals surface area contributed by atoms with E-state index in [1.807, 2.05) is 13.0 Å². The molecule has 0 aromatic heterocycles. The Morgan fingerprint density at radius 1 is 1.38 bits per heavy atom. The molecule has 0 spiro atoms. The van der Waals surface area contributed by atoms with Gasteiger partial charge in [0.2, 0.25) is 0 Å². The van der Waals surface area contributed by atoms with Crippen molar-refractivity contribution >= 4 is 11.4 Å². The molecule has 1 aliphatic rings. The summed E-state index contributed by atoms with van der Waals surface area (Å²) in [4.78, 5) is 13.0. The fraction of sp³-hybridized carbons (Fsp3) is 0.625. The first kappa shape index (κ1) is 15.8. The van der Waals surface area contributed by atoms with E-state index in [0.29, 0.717) is 12.0 Å². The summed E-state index contributed by atoms with van der Waals surface area (Å²) in [5.41, 5.74) is 2.27. The second-order valence-electron chi connectivity index (χ2n) is 6.17. The van der Waals surface area contributed by atoms with Crippen LogP contribution < -0.4 is 10.2 Å². The van der Waals surface area contributed by atoms with Gasteiger partial charge in [0.15, 0.2) is 0 Å². The number of rotatable bonds is 5. The van der Waals surface area contributed by atoms with Crippen LogP contribution in [0, 0.1) is 23.0 Å². The molecule has 1 saturated heterocycles. The van der Waals surface area contributed by atoms with Crippen LogP contribution in [0.2, 0.25) is 0 Å². The zero-order chi connectivity index (χ0) is 15.4. The van der Waals surface area contributed by atoms with Crippen LogP contribution in [0.5, 0.6) is 0 Å². The lowest BCUT2D eigenvalue weighted by Crippen LogP contribution is -2.39. The molecule has 0 saturated carbocycles. The first-order valence-corrected chi connectivity index (χ1v) is 7.71. The van der Waals surface area contributed by atoms with Crippen molar-refractivity contribution < 1.29 is 4.92 Å². The van der Waals surface area contributed by atoms with Crippen LogP contribution in [0.1, 0.15) is 32.3 Å². The zero-order valence-electron chi connectivity index (χ0n) is 13.1. The average Bonchev–Trinajstić information content (AvgIpc) is 2.46. The quantitative estimate of drug-likeness (QED) is 0.669. The lowest BCUT2D eigenvalue weighted by Gasteiger charge is -2.35. The molecule has 1 fully saturated rings. The van der Waals surface area contributed by atoms with Crippen molar-refractivity contribution in [2.24, 2.45) is 5.92 Å². The standard InChI is InChI=1S/C16H25N3O2/c1-12(2)18(11-14-6-8-17-9-7-14)16-10-15(19(20)21)5-4-13(16)3/h4-5,10,12,14,17H,6-9,11H2,1-3H3. The van der Waals surface area contributed by atoms with Gasteiger partial charge in [0.05, 0.1) is 4.92 Å². The minimum atomic E-state index is -0.314. The highest BCUT2D eigenvalue weighted by Gasteiger charge is 2.22. The number of aryl methyl sites for hydroxylation is 1. The van der Waals surface area contributed by atoms with E-state index in [1.165, 1.54) is 12.8 Å². The Kier molecular flexibility index (Phi) is 5.17. The van der Waals surface area contributed by atoms with E-state index >= 15 is 0 Å². The smallest absolute Gasteiger partial charge is 0.271 e.